The van der Waals surface area contributed by atoms with Gasteiger partial charge in [0, 0.05) is 12.3 Å². The predicted octanol–water partition coefficient (Wildman–Crippen LogP) is 1.46. The molecule has 3 rings (SSSR count). The standard InChI is InChI=1S/C17H19N5O3S/c1-4-21-16(24)12-7-5-6-8-13(12)18-17(21)26-10-14(23)19-15-9-22(11(2)3)20-25-15/h5-9,11H,4,10H2,1-3H3. The van der Waals surface area contributed by atoms with E-state index in [1.54, 1.807) is 27.6 Å². The second-order valence-electron chi connectivity index (χ2n) is 5.87. The van der Waals surface area contributed by atoms with Crippen LogP contribution in [0.15, 0.2) is 49.9 Å². The number of aliphatic imine (C=N–C) groups is 1. The summed E-state index contributed by atoms with van der Waals surface area (Å²) in [5.74, 6) is -0.177. The summed E-state index contributed by atoms with van der Waals surface area (Å²) in [5, 5.41) is 17.0. The fourth-order valence-corrected chi connectivity index (χ4v) is 3.21. The molecule has 0 aliphatic heterocycles. The van der Waals surface area contributed by atoms with Crippen LogP contribution in [0.4, 0.5) is 5.88 Å². The second-order valence-corrected chi connectivity index (χ2v) is 6.81. The summed E-state index contributed by atoms with van der Waals surface area (Å²) in [6.45, 7) is 6.23. The Morgan fingerprint density at radius 2 is 2.19 bits per heavy atom. The van der Waals surface area contributed by atoms with Crippen LogP contribution in [-0.4, -0.2) is 26.5 Å². The van der Waals surface area contributed by atoms with Crippen molar-refractivity contribution in [1.82, 2.24) is 14.8 Å². The molecule has 3 aromatic rings. The van der Waals surface area contributed by atoms with Gasteiger partial charge in [-0.15, -0.1) is 0 Å². The highest BCUT2D eigenvalue weighted by atomic mass is 32.2. The minimum atomic E-state index is -0.382. The Morgan fingerprint density at radius 3 is 2.88 bits per heavy atom. The molecule has 0 saturated carbocycles. The molecule has 2 heterocycles. The maximum atomic E-state index is 12.6. The highest BCUT2D eigenvalue weighted by molar-refractivity contribution is 7.99. The van der Waals surface area contributed by atoms with E-state index in [2.05, 4.69) is 15.2 Å². The average molecular weight is 373 g/mol. The van der Waals surface area contributed by atoms with Gasteiger partial charge in [0.2, 0.25) is 5.27 Å². The van der Waals surface area contributed by atoms with Crippen LogP contribution in [0.2, 0.25) is 0 Å². The Hall–Kier alpha value is -2.68. The molecular formula is C17H19N5O3S. The molecule has 1 aromatic carbocycles. The van der Waals surface area contributed by atoms with E-state index >= 15 is 0 Å². The van der Waals surface area contributed by atoms with Crippen molar-refractivity contribution in [3.05, 3.63) is 40.8 Å². The van der Waals surface area contributed by atoms with Crippen LogP contribution < -0.4 is 15.3 Å². The maximum absolute atomic E-state index is 12.6. The van der Waals surface area contributed by atoms with Gasteiger partial charge >= 0.3 is 5.88 Å². The van der Waals surface area contributed by atoms with E-state index in [1.807, 2.05) is 32.9 Å². The van der Waals surface area contributed by atoms with E-state index in [4.69, 9.17) is 4.52 Å². The first-order valence-corrected chi connectivity index (χ1v) is 9.23. The summed E-state index contributed by atoms with van der Waals surface area (Å²) in [6, 6.07) is 7.29. The van der Waals surface area contributed by atoms with E-state index in [0.717, 1.165) is 0 Å². The molecule has 2 aromatic heterocycles. The molecule has 0 aliphatic carbocycles. The van der Waals surface area contributed by atoms with Crippen LogP contribution >= 0.6 is 11.8 Å². The zero-order valence-electron chi connectivity index (χ0n) is 14.7. The molecular weight excluding hydrogens is 354 g/mol. The maximum Gasteiger partial charge on any atom is 0.320 e. The number of aromatic nitrogens is 4. The number of hydrogen-bond acceptors (Lipinski definition) is 7. The Morgan fingerprint density at radius 1 is 1.42 bits per heavy atom. The minimum absolute atomic E-state index is 0.0488. The SMILES string of the molecule is CCn1c(SC/C([O-])=N/c2c[n+](C(C)C)no2)nc2ccccc2c1=O. The van der Waals surface area contributed by atoms with Crippen molar-refractivity contribution in [2.75, 3.05) is 5.75 Å². The number of rotatable bonds is 6. The van der Waals surface area contributed by atoms with Crippen molar-refractivity contribution >= 4 is 34.4 Å². The Labute approximate surface area is 154 Å². The van der Waals surface area contributed by atoms with E-state index in [0.29, 0.717) is 22.6 Å². The quantitative estimate of drug-likeness (QED) is 0.213. The third kappa shape index (κ3) is 3.77. The first-order chi connectivity index (χ1) is 12.5. The molecule has 8 nitrogen and oxygen atoms in total. The van der Waals surface area contributed by atoms with Crippen molar-refractivity contribution in [3.63, 3.8) is 0 Å². The number of nitrogens with zero attached hydrogens (tertiary/aromatic N) is 5. The van der Waals surface area contributed by atoms with Gasteiger partial charge in [-0.05, 0) is 43.5 Å². The summed E-state index contributed by atoms with van der Waals surface area (Å²) in [6.07, 6.45) is 1.57. The number of thioether (sulfide) groups is 1. The Bertz CT molecular complexity index is 1010. The molecule has 0 N–H and O–H groups in total. The zero-order valence-corrected chi connectivity index (χ0v) is 15.6. The lowest BCUT2D eigenvalue weighted by Crippen LogP contribution is -2.36. The molecule has 0 bridgehead atoms. The normalized spacial score (nSPS) is 12.2. The van der Waals surface area contributed by atoms with Crippen LogP contribution in [0, 0.1) is 0 Å². The number of hydrogen-bond donors (Lipinski definition) is 0. The topological polar surface area (TPSA) is 100 Å². The van der Waals surface area contributed by atoms with Gasteiger partial charge in [0.25, 0.3) is 11.8 Å². The first kappa shape index (κ1) is 18.1. The van der Waals surface area contributed by atoms with Crippen molar-refractivity contribution in [2.45, 2.75) is 38.5 Å². The molecule has 136 valence electrons. The smallest absolute Gasteiger partial charge is 0.320 e. The van der Waals surface area contributed by atoms with Gasteiger partial charge in [-0.25, -0.2) is 9.98 Å². The van der Waals surface area contributed by atoms with Crippen LogP contribution in [0.1, 0.15) is 26.8 Å². The minimum Gasteiger partial charge on any atom is -0.861 e. The van der Waals surface area contributed by atoms with Gasteiger partial charge in [-0.1, -0.05) is 23.9 Å². The van der Waals surface area contributed by atoms with Crippen LogP contribution in [0.25, 0.3) is 10.9 Å². The first-order valence-electron chi connectivity index (χ1n) is 8.24. The molecule has 26 heavy (non-hydrogen) atoms. The second kappa shape index (κ2) is 7.69. The molecule has 9 heteroatoms. The van der Waals surface area contributed by atoms with Crippen molar-refractivity contribution < 1.29 is 14.3 Å². The summed E-state index contributed by atoms with van der Waals surface area (Å²) >= 11 is 1.18. The van der Waals surface area contributed by atoms with Crippen LogP contribution in [0.5, 0.6) is 0 Å². The lowest BCUT2D eigenvalue weighted by atomic mass is 10.2. The van der Waals surface area contributed by atoms with Gasteiger partial charge in [0.15, 0.2) is 11.2 Å². The molecule has 0 atom stereocenters. The number of para-hydroxylation sites is 1. The van der Waals surface area contributed by atoms with E-state index in [9.17, 15) is 9.90 Å². The summed E-state index contributed by atoms with van der Waals surface area (Å²) in [4.78, 5) is 21.0. The largest absolute Gasteiger partial charge is 0.861 e. The van der Waals surface area contributed by atoms with Gasteiger partial charge in [0.1, 0.15) is 0 Å². The van der Waals surface area contributed by atoms with Gasteiger partial charge in [-0.2, -0.15) is 0 Å². The van der Waals surface area contributed by atoms with E-state index in [-0.39, 0.29) is 29.1 Å². The fourth-order valence-electron chi connectivity index (χ4n) is 2.36. The average Bonchev–Trinajstić information content (AvgIpc) is 3.09. The van der Waals surface area contributed by atoms with Gasteiger partial charge in [-0.3, -0.25) is 13.9 Å². The summed E-state index contributed by atoms with van der Waals surface area (Å²) in [5.41, 5.74) is 0.500. The number of benzene rings is 1. The predicted molar refractivity (Wildman–Crippen MR) is 96.6 cm³/mol. The lowest BCUT2D eigenvalue weighted by molar-refractivity contribution is -0.779. The highest BCUT2D eigenvalue weighted by Gasteiger charge is 2.14. The van der Waals surface area contributed by atoms with Crippen molar-refractivity contribution in [1.29, 1.82) is 0 Å². The van der Waals surface area contributed by atoms with Crippen LogP contribution in [-0.2, 0) is 6.54 Å². The molecule has 0 unspecified atom stereocenters. The third-order valence-corrected chi connectivity index (χ3v) is 4.66. The number of fused-ring (bicyclic) bond motifs is 1. The van der Waals surface area contributed by atoms with Gasteiger partial charge in [0.05, 0.1) is 10.9 Å². The molecule has 0 saturated heterocycles. The Balaban J connectivity index is 1.82. The highest BCUT2D eigenvalue weighted by Crippen LogP contribution is 2.18. The molecule has 0 radical (unpaired) electrons. The van der Waals surface area contributed by atoms with Crippen molar-refractivity contribution in [2.24, 2.45) is 4.99 Å². The summed E-state index contributed by atoms with van der Waals surface area (Å²) in [7, 11) is 0. The van der Waals surface area contributed by atoms with Crippen LogP contribution in [0.3, 0.4) is 0 Å². The monoisotopic (exact) mass is 373 g/mol. The molecule has 0 fully saturated rings. The summed E-state index contributed by atoms with van der Waals surface area (Å²) < 4.78 is 8.15. The van der Waals surface area contributed by atoms with E-state index < -0.39 is 0 Å². The van der Waals surface area contributed by atoms with Gasteiger partial charge < -0.3 is 5.11 Å². The third-order valence-electron chi connectivity index (χ3n) is 3.70. The molecule has 0 spiro atoms. The van der Waals surface area contributed by atoms with E-state index in [1.165, 1.54) is 11.8 Å². The molecule has 0 aliphatic rings. The zero-order chi connectivity index (χ0) is 18.7. The fraction of sp³-hybridized carbons (Fsp3) is 0.353. The Kier molecular flexibility index (Phi) is 5.36. The lowest BCUT2D eigenvalue weighted by Gasteiger charge is -2.13. The van der Waals surface area contributed by atoms with Crippen molar-refractivity contribution in [3.8, 4) is 0 Å². The molecule has 0 amide bonds.